The zero-order chi connectivity index (χ0) is 29.0. The van der Waals surface area contributed by atoms with E-state index in [1.807, 2.05) is 58.9 Å². The van der Waals surface area contributed by atoms with E-state index >= 15 is 0 Å². The summed E-state index contributed by atoms with van der Waals surface area (Å²) in [6.07, 6.45) is 0.716. The Kier molecular flexibility index (Phi) is 8.73. The SMILES string of the molecule is CCCOC(=O)c1ccc(CN2C(=O)C(=O)/C(=C(\O)c3ccc(OC(C)C)c(C)c3)C2c2cccc(C)c2)cc1. The number of hydrogen-bond acceptors (Lipinski definition) is 6. The van der Waals surface area contributed by atoms with E-state index in [4.69, 9.17) is 9.47 Å². The van der Waals surface area contributed by atoms with Crippen LogP contribution in [-0.4, -0.2) is 40.4 Å². The molecular weight excluding hydrogens is 506 g/mol. The fourth-order valence-electron chi connectivity index (χ4n) is 4.79. The van der Waals surface area contributed by atoms with E-state index in [2.05, 4.69) is 0 Å². The van der Waals surface area contributed by atoms with Crippen molar-refractivity contribution in [2.75, 3.05) is 6.61 Å². The van der Waals surface area contributed by atoms with Crippen molar-refractivity contribution < 1.29 is 29.0 Å². The van der Waals surface area contributed by atoms with Gasteiger partial charge in [0.05, 0.1) is 29.9 Å². The van der Waals surface area contributed by atoms with Crippen molar-refractivity contribution in [3.63, 3.8) is 0 Å². The molecule has 1 aliphatic rings. The minimum Gasteiger partial charge on any atom is -0.507 e. The molecule has 0 aliphatic carbocycles. The molecule has 40 heavy (non-hydrogen) atoms. The molecule has 208 valence electrons. The van der Waals surface area contributed by atoms with Gasteiger partial charge >= 0.3 is 5.97 Å². The molecule has 1 amide bonds. The van der Waals surface area contributed by atoms with Crippen molar-refractivity contribution in [1.82, 2.24) is 4.90 Å². The number of carbonyl (C=O) groups is 3. The minimum atomic E-state index is -0.791. The standard InChI is InChI=1S/C33H35NO6/c1-6-16-39-33(38)24-12-10-23(11-13-24)19-34-29(25-9-7-8-21(4)17-25)28(31(36)32(34)37)30(35)26-14-15-27(22(5)18-26)40-20(2)3/h7-15,17-18,20,29,35H,6,16,19H2,1-5H3/b30-28-. The van der Waals surface area contributed by atoms with Gasteiger partial charge in [0, 0.05) is 12.1 Å². The molecule has 1 aliphatic heterocycles. The monoisotopic (exact) mass is 541 g/mol. The molecule has 1 saturated heterocycles. The lowest BCUT2D eigenvalue weighted by atomic mass is 9.94. The number of hydrogen-bond donors (Lipinski definition) is 1. The number of aliphatic hydroxyl groups excluding tert-OH is 1. The van der Waals surface area contributed by atoms with Gasteiger partial charge in [0.15, 0.2) is 0 Å². The Balaban J connectivity index is 1.74. The van der Waals surface area contributed by atoms with Gasteiger partial charge in [-0.25, -0.2) is 4.79 Å². The maximum atomic E-state index is 13.4. The maximum Gasteiger partial charge on any atom is 0.338 e. The van der Waals surface area contributed by atoms with E-state index in [0.29, 0.717) is 23.5 Å². The van der Waals surface area contributed by atoms with Gasteiger partial charge in [-0.05, 0) is 81.1 Å². The van der Waals surface area contributed by atoms with Crippen molar-refractivity contribution in [3.05, 3.63) is 106 Å². The number of amides is 1. The molecule has 4 rings (SSSR count). The summed E-state index contributed by atoms with van der Waals surface area (Å²) < 4.78 is 11.0. The summed E-state index contributed by atoms with van der Waals surface area (Å²) in [5.74, 6) is -1.40. The molecule has 0 spiro atoms. The van der Waals surface area contributed by atoms with Gasteiger partial charge in [0.25, 0.3) is 11.7 Å². The lowest BCUT2D eigenvalue weighted by Crippen LogP contribution is -2.29. The van der Waals surface area contributed by atoms with E-state index in [0.717, 1.165) is 28.7 Å². The van der Waals surface area contributed by atoms with Crippen LogP contribution in [0, 0.1) is 13.8 Å². The number of nitrogens with zero attached hydrogens (tertiary/aromatic N) is 1. The van der Waals surface area contributed by atoms with Crippen LogP contribution >= 0.6 is 0 Å². The predicted molar refractivity (Wildman–Crippen MR) is 153 cm³/mol. The summed E-state index contributed by atoms with van der Waals surface area (Å²) in [6, 6.07) is 18.8. The van der Waals surface area contributed by atoms with Gasteiger partial charge in [0.2, 0.25) is 0 Å². The highest BCUT2D eigenvalue weighted by Crippen LogP contribution is 2.41. The summed E-state index contributed by atoms with van der Waals surface area (Å²) in [6.45, 7) is 10.0. The first kappa shape index (κ1) is 28.6. The number of rotatable bonds is 9. The first-order valence-corrected chi connectivity index (χ1v) is 13.5. The Labute approximate surface area is 235 Å². The van der Waals surface area contributed by atoms with E-state index in [1.165, 1.54) is 4.90 Å². The molecule has 0 radical (unpaired) electrons. The second-order valence-corrected chi connectivity index (χ2v) is 10.3. The Morgan fingerprint density at radius 1 is 0.975 bits per heavy atom. The summed E-state index contributed by atoms with van der Waals surface area (Å²) >= 11 is 0. The van der Waals surface area contributed by atoms with Crippen LogP contribution in [0.2, 0.25) is 0 Å². The number of likely N-dealkylation sites (tertiary alicyclic amines) is 1. The second kappa shape index (κ2) is 12.2. The molecule has 3 aromatic rings. The number of Topliss-reactive ketones (excluding diaryl/α,β-unsaturated/α-hetero) is 1. The molecule has 7 nitrogen and oxygen atoms in total. The highest BCUT2D eigenvalue weighted by molar-refractivity contribution is 6.46. The molecule has 1 N–H and O–H groups in total. The highest BCUT2D eigenvalue weighted by atomic mass is 16.5. The van der Waals surface area contributed by atoms with Gasteiger partial charge in [-0.15, -0.1) is 0 Å². The van der Waals surface area contributed by atoms with E-state index in [-0.39, 0.29) is 24.0 Å². The Bertz CT molecular complexity index is 1450. The van der Waals surface area contributed by atoms with E-state index < -0.39 is 23.7 Å². The number of esters is 1. The van der Waals surface area contributed by atoms with Gasteiger partial charge in [0.1, 0.15) is 11.5 Å². The number of aliphatic hydroxyl groups is 1. The fourth-order valence-corrected chi connectivity index (χ4v) is 4.79. The fraction of sp³-hybridized carbons (Fsp3) is 0.303. The van der Waals surface area contributed by atoms with Gasteiger partial charge in [-0.2, -0.15) is 0 Å². The van der Waals surface area contributed by atoms with Crippen LogP contribution in [0.4, 0.5) is 0 Å². The lowest BCUT2D eigenvalue weighted by molar-refractivity contribution is -0.140. The summed E-state index contributed by atoms with van der Waals surface area (Å²) in [5.41, 5.74) is 4.09. The third-order valence-electron chi connectivity index (χ3n) is 6.69. The van der Waals surface area contributed by atoms with E-state index in [1.54, 1.807) is 42.5 Å². The van der Waals surface area contributed by atoms with Crippen LogP contribution in [0.5, 0.6) is 5.75 Å². The van der Waals surface area contributed by atoms with Crippen molar-refractivity contribution in [2.45, 2.75) is 59.7 Å². The van der Waals surface area contributed by atoms with Crippen molar-refractivity contribution >= 4 is 23.4 Å². The van der Waals surface area contributed by atoms with Crippen LogP contribution in [0.3, 0.4) is 0 Å². The first-order chi connectivity index (χ1) is 19.1. The van der Waals surface area contributed by atoms with Crippen LogP contribution in [0.15, 0.2) is 72.3 Å². The van der Waals surface area contributed by atoms with Gasteiger partial charge < -0.3 is 19.5 Å². The van der Waals surface area contributed by atoms with Crippen LogP contribution in [0.1, 0.15) is 71.4 Å². The Morgan fingerprint density at radius 3 is 2.30 bits per heavy atom. The van der Waals surface area contributed by atoms with Crippen LogP contribution < -0.4 is 4.74 Å². The lowest BCUT2D eigenvalue weighted by Gasteiger charge is -2.26. The van der Waals surface area contributed by atoms with Crippen molar-refractivity contribution in [2.24, 2.45) is 0 Å². The van der Waals surface area contributed by atoms with Gasteiger partial charge in [-0.3, -0.25) is 9.59 Å². The topological polar surface area (TPSA) is 93.1 Å². The highest BCUT2D eigenvalue weighted by Gasteiger charge is 2.46. The Morgan fingerprint density at radius 2 is 1.68 bits per heavy atom. The molecule has 0 aromatic heterocycles. The molecule has 0 saturated carbocycles. The molecule has 1 atom stereocenters. The van der Waals surface area contributed by atoms with Crippen molar-refractivity contribution in [1.29, 1.82) is 0 Å². The number of carbonyl (C=O) groups excluding carboxylic acids is 3. The zero-order valence-corrected chi connectivity index (χ0v) is 23.6. The van der Waals surface area contributed by atoms with Gasteiger partial charge in [-0.1, -0.05) is 48.9 Å². The predicted octanol–water partition coefficient (Wildman–Crippen LogP) is 6.28. The average Bonchev–Trinajstić information content (AvgIpc) is 3.17. The third kappa shape index (κ3) is 6.09. The Hall–Kier alpha value is -4.39. The van der Waals surface area contributed by atoms with Crippen LogP contribution in [-0.2, 0) is 20.9 Å². The van der Waals surface area contributed by atoms with E-state index in [9.17, 15) is 19.5 Å². The molecule has 1 fully saturated rings. The summed E-state index contributed by atoms with van der Waals surface area (Å²) in [7, 11) is 0. The number of benzene rings is 3. The maximum absolute atomic E-state index is 13.4. The van der Waals surface area contributed by atoms with Crippen molar-refractivity contribution in [3.8, 4) is 5.75 Å². The number of ketones is 1. The molecule has 1 heterocycles. The smallest absolute Gasteiger partial charge is 0.338 e. The molecule has 3 aromatic carbocycles. The van der Waals surface area contributed by atoms with Crippen LogP contribution in [0.25, 0.3) is 5.76 Å². The molecule has 1 unspecified atom stereocenters. The zero-order valence-electron chi connectivity index (χ0n) is 23.6. The normalized spacial score (nSPS) is 16.4. The first-order valence-electron chi connectivity index (χ1n) is 13.5. The minimum absolute atomic E-state index is 0.0131. The molecular formula is C33H35NO6. The number of ether oxygens (including phenoxy) is 2. The molecule has 0 bridgehead atoms. The third-order valence-corrected chi connectivity index (χ3v) is 6.69. The second-order valence-electron chi connectivity index (χ2n) is 10.3. The summed E-state index contributed by atoms with van der Waals surface area (Å²) in [4.78, 5) is 40.5. The summed E-state index contributed by atoms with van der Waals surface area (Å²) in [5, 5.41) is 11.4. The molecule has 7 heteroatoms. The average molecular weight is 542 g/mol. The quantitative estimate of drug-likeness (QED) is 0.148. The largest absolute Gasteiger partial charge is 0.507 e. The number of aryl methyl sites for hydroxylation is 2.